The SMILES string of the molecule is CCOC(c1ncc2c(n1)CCCC2N)C1CC1. The first-order valence-corrected chi connectivity index (χ1v) is 7.02. The fourth-order valence-corrected chi connectivity index (χ4v) is 2.73. The Balaban J connectivity index is 1.88. The monoisotopic (exact) mass is 247 g/mol. The van der Waals surface area contributed by atoms with Crippen molar-refractivity contribution in [2.75, 3.05) is 6.61 Å². The van der Waals surface area contributed by atoms with E-state index in [1.807, 2.05) is 13.1 Å². The minimum Gasteiger partial charge on any atom is -0.370 e. The molecule has 2 aliphatic rings. The third-order valence-electron chi connectivity index (χ3n) is 3.90. The lowest BCUT2D eigenvalue weighted by Gasteiger charge is -2.23. The summed E-state index contributed by atoms with van der Waals surface area (Å²) in [5.74, 6) is 1.49. The quantitative estimate of drug-likeness (QED) is 0.886. The van der Waals surface area contributed by atoms with Gasteiger partial charge in [0.15, 0.2) is 5.82 Å². The summed E-state index contributed by atoms with van der Waals surface area (Å²) in [4.78, 5) is 9.23. The molecular weight excluding hydrogens is 226 g/mol. The summed E-state index contributed by atoms with van der Waals surface area (Å²) in [7, 11) is 0. The zero-order valence-electron chi connectivity index (χ0n) is 10.9. The third kappa shape index (κ3) is 2.27. The van der Waals surface area contributed by atoms with E-state index in [1.54, 1.807) is 0 Å². The molecule has 2 aliphatic carbocycles. The standard InChI is InChI=1S/C14H21N3O/c1-2-18-13(9-6-7-9)14-16-8-10-11(15)4-3-5-12(10)17-14/h8-9,11,13H,2-7,15H2,1H3. The van der Waals surface area contributed by atoms with Gasteiger partial charge in [0.05, 0.1) is 0 Å². The highest BCUT2D eigenvalue weighted by Crippen LogP contribution is 2.42. The summed E-state index contributed by atoms with van der Waals surface area (Å²) in [5, 5.41) is 0. The Bertz CT molecular complexity index is 431. The van der Waals surface area contributed by atoms with Crippen molar-refractivity contribution in [2.24, 2.45) is 11.7 Å². The largest absolute Gasteiger partial charge is 0.370 e. The van der Waals surface area contributed by atoms with Crippen LogP contribution in [0.15, 0.2) is 6.20 Å². The maximum atomic E-state index is 6.09. The molecule has 0 radical (unpaired) electrons. The van der Waals surface area contributed by atoms with Gasteiger partial charge in [-0.05, 0) is 44.9 Å². The van der Waals surface area contributed by atoms with E-state index in [9.17, 15) is 0 Å². The van der Waals surface area contributed by atoms with Gasteiger partial charge in [0.2, 0.25) is 0 Å². The molecule has 4 nitrogen and oxygen atoms in total. The van der Waals surface area contributed by atoms with E-state index in [2.05, 4.69) is 4.98 Å². The highest BCUT2D eigenvalue weighted by atomic mass is 16.5. The van der Waals surface area contributed by atoms with E-state index in [-0.39, 0.29) is 12.1 Å². The maximum absolute atomic E-state index is 6.09. The average Bonchev–Trinajstić information content (AvgIpc) is 3.20. The number of aryl methyl sites for hydroxylation is 1. The average molecular weight is 247 g/mol. The lowest BCUT2D eigenvalue weighted by Crippen LogP contribution is -2.21. The van der Waals surface area contributed by atoms with Crippen LogP contribution < -0.4 is 5.73 Å². The molecule has 0 amide bonds. The lowest BCUT2D eigenvalue weighted by molar-refractivity contribution is 0.0397. The number of ether oxygens (including phenoxy) is 1. The Hall–Kier alpha value is -1.00. The molecule has 0 spiro atoms. The van der Waals surface area contributed by atoms with Gasteiger partial charge in [-0.2, -0.15) is 0 Å². The maximum Gasteiger partial charge on any atom is 0.157 e. The van der Waals surface area contributed by atoms with E-state index >= 15 is 0 Å². The summed E-state index contributed by atoms with van der Waals surface area (Å²) in [6.45, 7) is 2.75. The molecule has 98 valence electrons. The highest BCUT2D eigenvalue weighted by Gasteiger charge is 2.35. The predicted octanol–water partition coefficient (Wildman–Crippen LogP) is 2.30. The third-order valence-corrected chi connectivity index (χ3v) is 3.90. The number of rotatable bonds is 4. The van der Waals surface area contributed by atoms with Crippen LogP contribution in [0.2, 0.25) is 0 Å². The minimum absolute atomic E-state index is 0.0958. The molecule has 4 heteroatoms. The van der Waals surface area contributed by atoms with Gasteiger partial charge in [-0.15, -0.1) is 0 Å². The molecule has 1 saturated carbocycles. The van der Waals surface area contributed by atoms with Crippen LogP contribution in [0.1, 0.15) is 61.8 Å². The second-order valence-electron chi connectivity index (χ2n) is 5.34. The zero-order valence-corrected chi connectivity index (χ0v) is 10.9. The van der Waals surface area contributed by atoms with Crippen LogP contribution in [-0.2, 0) is 11.2 Å². The Kier molecular flexibility index (Phi) is 3.31. The first-order valence-electron chi connectivity index (χ1n) is 7.02. The van der Waals surface area contributed by atoms with E-state index in [1.165, 1.54) is 12.8 Å². The number of hydrogen-bond donors (Lipinski definition) is 1. The smallest absolute Gasteiger partial charge is 0.157 e. The fraction of sp³-hybridized carbons (Fsp3) is 0.714. The second kappa shape index (κ2) is 4.94. The molecule has 1 aromatic rings. The topological polar surface area (TPSA) is 61.0 Å². The van der Waals surface area contributed by atoms with Crippen molar-refractivity contribution in [1.82, 2.24) is 9.97 Å². The van der Waals surface area contributed by atoms with Crippen molar-refractivity contribution in [3.63, 3.8) is 0 Å². The van der Waals surface area contributed by atoms with Crippen LogP contribution in [0.4, 0.5) is 0 Å². The summed E-state index contributed by atoms with van der Waals surface area (Å²) >= 11 is 0. The summed E-state index contributed by atoms with van der Waals surface area (Å²) in [6, 6.07) is 0.120. The van der Waals surface area contributed by atoms with Crippen LogP contribution in [-0.4, -0.2) is 16.6 Å². The number of hydrogen-bond acceptors (Lipinski definition) is 4. The van der Waals surface area contributed by atoms with Gasteiger partial charge in [-0.3, -0.25) is 0 Å². The van der Waals surface area contributed by atoms with Crippen molar-refractivity contribution < 1.29 is 4.74 Å². The minimum atomic E-state index is 0.0958. The van der Waals surface area contributed by atoms with Crippen LogP contribution in [0.25, 0.3) is 0 Å². The van der Waals surface area contributed by atoms with Gasteiger partial charge in [0, 0.05) is 30.1 Å². The molecule has 2 atom stereocenters. The van der Waals surface area contributed by atoms with Gasteiger partial charge < -0.3 is 10.5 Å². The van der Waals surface area contributed by atoms with Gasteiger partial charge in [0.1, 0.15) is 6.10 Å². The molecule has 1 aromatic heterocycles. The fourth-order valence-electron chi connectivity index (χ4n) is 2.73. The number of nitrogens with zero attached hydrogens (tertiary/aromatic N) is 2. The Morgan fingerprint density at radius 3 is 3.00 bits per heavy atom. The van der Waals surface area contributed by atoms with E-state index in [0.717, 1.165) is 43.0 Å². The van der Waals surface area contributed by atoms with Gasteiger partial charge in [-0.1, -0.05) is 0 Å². The Morgan fingerprint density at radius 2 is 2.28 bits per heavy atom. The van der Waals surface area contributed by atoms with Crippen molar-refractivity contribution in [2.45, 2.75) is 51.2 Å². The molecule has 3 rings (SSSR count). The Morgan fingerprint density at radius 1 is 1.44 bits per heavy atom. The molecule has 1 fully saturated rings. The molecular formula is C14H21N3O. The van der Waals surface area contributed by atoms with E-state index in [4.69, 9.17) is 15.5 Å². The molecule has 0 aliphatic heterocycles. The molecule has 0 bridgehead atoms. The molecule has 0 aromatic carbocycles. The van der Waals surface area contributed by atoms with Crippen LogP contribution in [0, 0.1) is 5.92 Å². The van der Waals surface area contributed by atoms with Gasteiger partial charge in [-0.25, -0.2) is 9.97 Å². The van der Waals surface area contributed by atoms with Crippen molar-refractivity contribution >= 4 is 0 Å². The lowest BCUT2D eigenvalue weighted by atomic mass is 9.93. The number of fused-ring (bicyclic) bond motifs is 1. The summed E-state index contributed by atoms with van der Waals surface area (Å²) in [6.07, 6.45) is 7.71. The highest BCUT2D eigenvalue weighted by molar-refractivity contribution is 5.24. The number of nitrogens with two attached hydrogens (primary N) is 1. The van der Waals surface area contributed by atoms with Gasteiger partial charge >= 0.3 is 0 Å². The zero-order chi connectivity index (χ0) is 12.5. The molecule has 1 heterocycles. The van der Waals surface area contributed by atoms with Crippen molar-refractivity contribution in [3.8, 4) is 0 Å². The van der Waals surface area contributed by atoms with Crippen LogP contribution >= 0.6 is 0 Å². The number of aromatic nitrogens is 2. The second-order valence-corrected chi connectivity index (χ2v) is 5.34. The van der Waals surface area contributed by atoms with Crippen molar-refractivity contribution in [1.29, 1.82) is 0 Å². The van der Waals surface area contributed by atoms with Crippen molar-refractivity contribution in [3.05, 3.63) is 23.3 Å². The van der Waals surface area contributed by atoms with E-state index in [0.29, 0.717) is 5.92 Å². The Labute approximate surface area is 108 Å². The molecule has 2 N–H and O–H groups in total. The molecule has 2 unspecified atom stereocenters. The molecule has 18 heavy (non-hydrogen) atoms. The summed E-state index contributed by atoms with van der Waals surface area (Å²) < 4.78 is 5.81. The van der Waals surface area contributed by atoms with E-state index < -0.39 is 0 Å². The van der Waals surface area contributed by atoms with Crippen LogP contribution in [0.5, 0.6) is 0 Å². The van der Waals surface area contributed by atoms with Gasteiger partial charge in [0.25, 0.3) is 0 Å². The first kappa shape index (κ1) is 12.1. The molecule has 0 saturated heterocycles. The summed E-state index contributed by atoms with van der Waals surface area (Å²) in [5.41, 5.74) is 8.37. The predicted molar refractivity (Wildman–Crippen MR) is 69.0 cm³/mol. The normalized spacial score (nSPS) is 24.7. The van der Waals surface area contributed by atoms with Crippen LogP contribution in [0.3, 0.4) is 0 Å². The first-order chi connectivity index (χ1) is 8.79.